The molecule has 0 atom stereocenters. The molecule has 0 N–H and O–H groups in total. The highest BCUT2D eigenvalue weighted by Crippen LogP contribution is 2.54. The molecule has 0 saturated carbocycles. The first-order valence-corrected chi connectivity index (χ1v) is 17.5. The number of para-hydroxylation sites is 3. The number of rotatable bonds is 4. The zero-order valence-corrected chi connectivity index (χ0v) is 28.9. The molecule has 3 heterocycles. The van der Waals surface area contributed by atoms with Gasteiger partial charge in [-0.15, -0.1) is 0 Å². The fourth-order valence-electron chi connectivity index (χ4n) is 8.19. The molecule has 0 radical (unpaired) electrons. The molecule has 3 nitrogen and oxygen atoms in total. The molecule has 0 saturated heterocycles. The first-order valence-electron chi connectivity index (χ1n) is 17.5. The predicted octanol–water partition coefficient (Wildman–Crippen LogP) is 12.6. The van der Waals surface area contributed by atoms with E-state index in [2.05, 4.69) is 189 Å². The van der Waals surface area contributed by atoms with E-state index >= 15 is 0 Å². The Labute approximate surface area is 295 Å². The fourth-order valence-corrected chi connectivity index (χ4v) is 8.19. The Balaban J connectivity index is 1.17. The third-order valence-corrected chi connectivity index (χ3v) is 10.9. The van der Waals surface area contributed by atoms with Crippen LogP contribution >= 0.6 is 0 Å². The molecular weight excluding hydrogens is 607 g/mol. The summed E-state index contributed by atoms with van der Waals surface area (Å²) in [7, 11) is 0. The third-order valence-electron chi connectivity index (χ3n) is 10.9. The monoisotopic (exact) mass is 645 g/mol. The van der Waals surface area contributed by atoms with Crippen LogP contribution < -0.4 is 9.80 Å². The minimum Gasteiger partial charge on any atom is -0.310 e. The molecular formula is C47H39N3. The topological polar surface area (TPSA) is 19.4 Å². The van der Waals surface area contributed by atoms with Crippen molar-refractivity contribution in [3.63, 3.8) is 0 Å². The molecule has 50 heavy (non-hydrogen) atoms. The molecule has 9 rings (SSSR count). The molecule has 0 aliphatic carbocycles. The van der Waals surface area contributed by atoms with Gasteiger partial charge in [0.1, 0.15) is 5.82 Å². The second-order valence-electron chi connectivity index (χ2n) is 14.5. The van der Waals surface area contributed by atoms with E-state index in [0.29, 0.717) is 0 Å². The Morgan fingerprint density at radius 3 is 1.40 bits per heavy atom. The lowest BCUT2D eigenvalue weighted by molar-refractivity contribution is 0.630. The standard InChI is InChI=1S/C47H39N3/c1-46(2)37-19-11-13-21-41(37)49(36-17-9-6-10-18-36)43-26-23-33(29-39(43)46)34-24-27-44-40(30-34)47(3,4)38-20-12-14-22-42(38)50(44)45-28-25-35(31-48-45)32-15-7-5-8-16-32/h5-31H,1-4H3. The lowest BCUT2D eigenvalue weighted by atomic mass is 9.72. The maximum absolute atomic E-state index is 5.04. The molecule has 3 heteroatoms. The van der Waals surface area contributed by atoms with Crippen LogP contribution in [0.4, 0.5) is 34.3 Å². The maximum atomic E-state index is 5.04. The second kappa shape index (κ2) is 11.3. The molecule has 2 aliphatic rings. The van der Waals surface area contributed by atoms with Crippen molar-refractivity contribution in [2.45, 2.75) is 38.5 Å². The molecule has 2 aliphatic heterocycles. The van der Waals surface area contributed by atoms with Gasteiger partial charge in [-0.25, -0.2) is 4.98 Å². The average Bonchev–Trinajstić information content (AvgIpc) is 3.16. The smallest absolute Gasteiger partial charge is 0.137 e. The first-order chi connectivity index (χ1) is 24.3. The summed E-state index contributed by atoms with van der Waals surface area (Å²) in [5.41, 5.74) is 15.5. The van der Waals surface area contributed by atoms with Crippen LogP contribution in [0.5, 0.6) is 0 Å². The summed E-state index contributed by atoms with van der Waals surface area (Å²) >= 11 is 0. The Kier molecular flexibility index (Phi) is 6.82. The Morgan fingerprint density at radius 2 is 0.840 bits per heavy atom. The van der Waals surface area contributed by atoms with E-state index in [9.17, 15) is 0 Å². The third kappa shape index (κ3) is 4.61. The molecule has 7 aromatic rings. The Bertz CT molecular complexity index is 2370. The van der Waals surface area contributed by atoms with Crippen molar-refractivity contribution < 1.29 is 0 Å². The normalized spacial score (nSPS) is 15.0. The van der Waals surface area contributed by atoms with Gasteiger partial charge < -0.3 is 4.90 Å². The molecule has 0 bridgehead atoms. The van der Waals surface area contributed by atoms with Crippen LogP contribution in [0.25, 0.3) is 22.3 Å². The highest BCUT2D eigenvalue weighted by Gasteiger charge is 2.39. The van der Waals surface area contributed by atoms with Crippen molar-refractivity contribution in [3.05, 3.63) is 186 Å². The number of anilines is 6. The quantitative estimate of drug-likeness (QED) is 0.190. The van der Waals surface area contributed by atoms with Crippen molar-refractivity contribution in [1.82, 2.24) is 4.98 Å². The summed E-state index contributed by atoms with van der Waals surface area (Å²) in [6.07, 6.45) is 1.99. The van der Waals surface area contributed by atoms with Gasteiger partial charge in [0.25, 0.3) is 0 Å². The van der Waals surface area contributed by atoms with Crippen molar-refractivity contribution in [2.24, 2.45) is 0 Å². The van der Waals surface area contributed by atoms with E-state index in [1.165, 1.54) is 67.4 Å². The number of aromatic nitrogens is 1. The van der Waals surface area contributed by atoms with Crippen LogP contribution in [0.1, 0.15) is 49.9 Å². The lowest BCUT2D eigenvalue weighted by Crippen LogP contribution is -2.31. The number of benzene rings is 6. The summed E-state index contributed by atoms with van der Waals surface area (Å²) in [6, 6.07) is 57.2. The van der Waals surface area contributed by atoms with Gasteiger partial charge in [-0.05, 0) is 99.6 Å². The summed E-state index contributed by atoms with van der Waals surface area (Å²) in [5.74, 6) is 0.914. The van der Waals surface area contributed by atoms with Gasteiger partial charge in [0, 0.05) is 28.3 Å². The lowest BCUT2D eigenvalue weighted by Gasteiger charge is -2.42. The molecule has 0 spiro atoms. The van der Waals surface area contributed by atoms with Crippen LogP contribution in [0.3, 0.4) is 0 Å². The molecule has 0 amide bonds. The molecule has 0 fully saturated rings. The van der Waals surface area contributed by atoms with E-state index in [1.807, 2.05) is 12.3 Å². The minimum atomic E-state index is -0.209. The van der Waals surface area contributed by atoms with Gasteiger partial charge in [-0.3, -0.25) is 4.90 Å². The van der Waals surface area contributed by atoms with E-state index in [4.69, 9.17) is 4.98 Å². The van der Waals surface area contributed by atoms with Gasteiger partial charge in [0.2, 0.25) is 0 Å². The Hall–Kier alpha value is -5.93. The Morgan fingerprint density at radius 1 is 0.380 bits per heavy atom. The molecule has 0 unspecified atom stereocenters. The van der Waals surface area contributed by atoms with Gasteiger partial charge >= 0.3 is 0 Å². The van der Waals surface area contributed by atoms with E-state index in [-0.39, 0.29) is 10.8 Å². The molecule has 1 aromatic heterocycles. The molecule has 6 aromatic carbocycles. The minimum absolute atomic E-state index is 0.173. The SMILES string of the molecule is CC1(C)c2ccccc2N(c2ccccc2)c2ccc(-c3ccc4c(c3)C(C)(C)c3ccccc3N4c3ccc(-c4ccccc4)cn3)cc21. The number of fused-ring (bicyclic) bond motifs is 4. The zero-order chi connectivity index (χ0) is 34.0. The summed E-state index contributed by atoms with van der Waals surface area (Å²) in [4.78, 5) is 9.79. The average molecular weight is 646 g/mol. The van der Waals surface area contributed by atoms with Crippen molar-refractivity contribution in [2.75, 3.05) is 9.80 Å². The van der Waals surface area contributed by atoms with Gasteiger partial charge in [0.15, 0.2) is 0 Å². The number of nitrogens with zero attached hydrogens (tertiary/aromatic N) is 3. The zero-order valence-electron chi connectivity index (χ0n) is 28.9. The van der Waals surface area contributed by atoms with Crippen LogP contribution in [0.2, 0.25) is 0 Å². The number of hydrogen-bond donors (Lipinski definition) is 0. The van der Waals surface area contributed by atoms with Crippen LogP contribution in [-0.4, -0.2) is 4.98 Å². The van der Waals surface area contributed by atoms with Crippen LogP contribution in [-0.2, 0) is 10.8 Å². The largest absolute Gasteiger partial charge is 0.310 e. The van der Waals surface area contributed by atoms with Gasteiger partial charge in [0.05, 0.1) is 22.7 Å². The van der Waals surface area contributed by atoms with Gasteiger partial charge in [-0.1, -0.05) is 125 Å². The predicted molar refractivity (Wildman–Crippen MR) is 209 cm³/mol. The van der Waals surface area contributed by atoms with Crippen molar-refractivity contribution in [1.29, 1.82) is 0 Å². The fraction of sp³-hybridized carbons (Fsp3) is 0.128. The number of hydrogen-bond acceptors (Lipinski definition) is 3. The van der Waals surface area contributed by atoms with E-state index < -0.39 is 0 Å². The van der Waals surface area contributed by atoms with E-state index in [0.717, 1.165) is 11.4 Å². The van der Waals surface area contributed by atoms with Gasteiger partial charge in [-0.2, -0.15) is 0 Å². The highest BCUT2D eigenvalue weighted by atomic mass is 15.2. The first kappa shape index (κ1) is 30.2. The van der Waals surface area contributed by atoms with Crippen LogP contribution in [0.15, 0.2) is 164 Å². The highest BCUT2D eigenvalue weighted by molar-refractivity contribution is 5.89. The number of pyridine rings is 1. The van der Waals surface area contributed by atoms with Crippen LogP contribution in [0, 0.1) is 0 Å². The summed E-state index contributed by atoms with van der Waals surface area (Å²) in [5, 5.41) is 0. The molecule has 242 valence electrons. The van der Waals surface area contributed by atoms with Crippen molar-refractivity contribution >= 4 is 34.3 Å². The van der Waals surface area contributed by atoms with Crippen molar-refractivity contribution in [3.8, 4) is 22.3 Å². The summed E-state index contributed by atoms with van der Waals surface area (Å²) in [6.45, 7) is 9.42. The summed E-state index contributed by atoms with van der Waals surface area (Å²) < 4.78 is 0. The van der Waals surface area contributed by atoms with E-state index in [1.54, 1.807) is 0 Å². The second-order valence-corrected chi connectivity index (χ2v) is 14.5. The maximum Gasteiger partial charge on any atom is 0.137 e.